The van der Waals surface area contributed by atoms with E-state index in [2.05, 4.69) is 0 Å². The third-order valence-corrected chi connectivity index (χ3v) is 3.52. The number of nitrogens with zero attached hydrogens (tertiary/aromatic N) is 2. The number of hydrogen-bond acceptors (Lipinski definition) is 3. The fourth-order valence-electron chi connectivity index (χ4n) is 2.24. The highest BCUT2D eigenvalue weighted by atomic mass is 16.4. The highest BCUT2D eigenvalue weighted by molar-refractivity contribution is 5.87. The second-order valence-corrected chi connectivity index (χ2v) is 5.29. The largest absolute Gasteiger partial charge is 0.478 e. The lowest BCUT2D eigenvalue weighted by molar-refractivity contribution is 0.0696. The number of urea groups is 1. The van der Waals surface area contributed by atoms with E-state index in [0.29, 0.717) is 13.1 Å². The summed E-state index contributed by atoms with van der Waals surface area (Å²) in [5, 5.41) is 17.9. The maximum absolute atomic E-state index is 12.3. The number of carbonyl (C=O) groups excluding carboxylic acids is 1. The van der Waals surface area contributed by atoms with Crippen LogP contribution >= 0.6 is 0 Å². The molecule has 1 fully saturated rings. The molecule has 0 heterocycles. The van der Waals surface area contributed by atoms with E-state index in [1.165, 1.54) is 12.1 Å². The van der Waals surface area contributed by atoms with E-state index >= 15 is 0 Å². The minimum Gasteiger partial charge on any atom is -0.478 e. The Hall–Kier alpha value is -2.08. The Morgan fingerprint density at radius 2 is 1.86 bits per heavy atom. The third-order valence-electron chi connectivity index (χ3n) is 3.52. The maximum atomic E-state index is 12.3. The summed E-state index contributed by atoms with van der Waals surface area (Å²) in [4.78, 5) is 26.4. The molecular weight excluding hydrogens is 272 g/mol. The summed E-state index contributed by atoms with van der Waals surface area (Å²) in [6.45, 7) is 0.725. The number of aromatic carboxylic acids is 1. The van der Waals surface area contributed by atoms with Crippen LogP contribution in [0.2, 0.25) is 0 Å². The van der Waals surface area contributed by atoms with Crippen LogP contribution < -0.4 is 0 Å². The van der Waals surface area contributed by atoms with Crippen LogP contribution in [0, 0.1) is 0 Å². The Balaban J connectivity index is 1.97. The number of amides is 2. The predicted octanol–water partition coefficient (Wildman–Crippen LogP) is 1.39. The molecule has 0 radical (unpaired) electrons. The van der Waals surface area contributed by atoms with Crippen molar-refractivity contribution < 1.29 is 19.8 Å². The lowest BCUT2D eigenvalue weighted by Crippen LogP contribution is -2.43. The topological polar surface area (TPSA) is 81.1 Å². The predicted molar refractivity (Wildman–Crippen MR) is 77.1 cm³/mol. The number of carbonyl (C=O) groups is 2. The molecular formula is C15H20N2O4. The highest BCUT2D eigenvalue weighted by Gasteiger charge is 2.33. The van der Waals surface area contributed by atoms with Gasteiger partial charge in [0.15, 0.2) is 0 Å². The van der Waals surface area contributed by atoms with E-state index < -0.39 is 5.97 Å². The van der Waals surface area contributed by atoms with Crippen LogP contribution in [-0.2, 0) is 6.54 Å². The van der Waals surface area contributed by atoms with Crippen LogP contribution in [0.5, 0.6) is 0 Å². The minimum atomic E-state index is -0.964. The van der Waals surface area contributed by atoms with Gasteiger partial charge in [-0.25, -0.2) is 9.59 Å². The molecule has 6 heteroatoms. The Morgan fingerprint density at radius 3 is 2.33 bits per heavy atom. The first-order chi connectivity index (χ1) is 10.0. The lowest BCUT2D eigenvalue weighted by atomic mass is 10.1. The molecule has 2 N–H and O–H groups in total. The van der Waals surface area contributed by atoms with Crippen molar-refractivity contribution in [1.29, 1.82) is 0 Å². The Kier molecular flexibility index (Phi) is 4.80. The van der Waals surface area contributed by atoms with E-state index in [9.17, 15) is 9.59 Å². The molecule has 2 rings (SSSR count). The van der Waals surface area contributed by atoms with Crippen LogP contribution in [0.1, 0.15) is 28.8 Å². The van der Waals surface area contributed by atoms with Crippen LogP contribution in [0.15, 0.2) is 24.3 Å². The minimum absolute atomic E-state index is 0.0383. The Bertz CT molecular complexity index is 511. The number of benzene rings is 1. The van der Waals surface area contributed by atoms with Crippen molar-refractivity contribution in [1.82, 2.24) is 9.80 Å². The molecule has 1 aliphatic carbocycles. The first-order valence-corrected chi connectivity index (χ1v) is 6.97. The van der Waals surface area contributed by atoms with Gasteiger partial charge in [-0.3, -0.25) is 0 Å². The molecule has 1 aromatic rings. The van der Waals surface area contributed by atoms with E-state index in [4.69, 9.17) is 10.2 Å². The number of rotatable bonds is 6. The Labute approximate surface area is 123 Å². The van der Waals surface area contributed by atoms with Crippen molar-refractivity contribution in [2.45, 2.75) is 25.4 Å². The first kappa shape index (κ1) is 15.3. The second-order valence-electron chi connectivity index (χ2n) is 5.29. The van der Waals surface area contributed by atoms with Gasteiger partial charge in [0.2, 0.25) is 0 Å². The summed E-state index contributed by atoms with van der Waals surface area (Å²) >= 11 is 0. The SMILES string of the molecule is CN(Cc1ccc(C(=O)O)cc1)C(=O)N(CCO)C1CC1. The maximum Gasteiger partial charge on any atom is 0.335 e. The van der Waals surface area contributed by atoms with Gasteiger partial charge in [-0.05, 0) is 30.5 Å². The quantitative estimate of drug-likeness (QED) is 0.830. The summed E-state index contributed by atoms with van der Waals surface area (Å²) < 4.78 is 0. The number of carboxylic acids is 1. The van der Waals surface area contributed by atoms with Gasteiger partial charge < -0.3 is 20.0 Å². The molecule has 1 saturated carbocycles. The fraction of sp³-hybridized carbons (Fsp3) is 0.467. The van der Waals surface area contributed by atoms with Crippen molar-refractivity contribution in [2.75, 3.05) is 20.2 Å². The Morgan fingerprint density at radius 1 is 1.24 bits per heavy atom. The molecule has 0 unspecified atom stereocenters. The molecule has 2 amide bonds. The van der Waals surface area contributed by atoms with Gasteiger partial charge >= 0.3 is 12.0 Å². The van der Waals surface area contributed by atoms with Gasteiger partial charge in [0.1, 0.15) is 0 Å². The van der Waals surface area contributed by atoms with E-state index in [0.717, 1.165) is 18.4 Å². The number of hydrogen-bond donors (Lipinski definition) is 2. The average Bonchev–Trinajstić information content (AvgIpc) is 3.29. The molecule has 0 bridgehead atoms. The standard InChI is InChI=1S/C15H20N2O4/c1-16(15(21)17(8-9-18)13-6-7-13)10-11-2-4-12(5-3-11)14(19)20/h2-5,13,18H,6-10H2,1H3,(H,19,20). The molecule has 21 heavy (non-hydrogen) atoms. The van der Waals surface area contributed by atoms with Crippen LogP contribution in [0.3, 0.4) is 0 Å². The molecule has 6 nitrogen and oxygen atoms in total. The average molecular weight is 292 g/mol. The van der Waals surface area contributed by atoms with Crippen molar-refractivity contribution in [3.63, 3.8) is 0 Å². The van der Waals surface area contributed by atoms with Gasteiger partial charge in [0, 0.05) is 26.2 Å². The van der Waals surface area contributed by atoms with E-state index in [1.807, 2.05) is 0 Å². The number of aliphatic hydroxyl groups excluding tert-OH is 1. The number of carboxylic acid groups (broad SMARTS) is 1. The first-order valence-electron chi connectivity index (χ1n) is 6.97. The monoisotopic (exact) mass is 292 g/mol. The third kappa shape index (κ3) is 3.95. The van der Waals surface area contributed by atoms with Gasteiger partial charge in [-0.15, -0.1) is 0 Å². The zero-order valence-electron chi connectivity index (χ0n) is 12.0. The normalized spacial score (nSPS) is 13.8. The van der Waals surface area contributed by atoms with Crippen molar-refractivity contribution >= 4 is 12.0 Å². The van der Waals surface area contributed by atoms with Crippen molar-refractivity contribution in [2.24, 2.45) is 0 Å². The fourth-order valence-corrected chi connectivity index (χ4v) is 2.24. The summed E-state index contributed by atoms with van der Waals surface area (Å²) in [6.07, 6.45) is 1.99. The molecule has 1 aliphatic rings. The molecule has 114 valence electrons. The van der Waals surface area contributed by atoms with Crippen LogP contribution in [-0.4, -0.2) is 58.3 Å². The highest BCUT2D eigenvalue weighted by Crippen LogP contribution is 2.27. The van der Waals surface area contributed by atoms with Gasteiger partial charge in [-0.2, -0.15) is 0 Å². The summed E-state index contributed by atoms with van der Waals surface area (Å²) in [6, 6.07) is 6.63. The summed E-state index contributed by atoms with van der Waals surface area (Å²) in [5.74, 6) is -0.964. The van der Waals surface area contributed by atoms with Crippen LogP contribution in [0.25, 0.3) is 0 Å². The molecule has 0 aromatic heterocycles. The van der Waals surface area contributed by atoms with E-state index in [-0.39, 0.29) is 24.2 Å². The molecule has 0 spiro atoms. The van der Waals surface area contributed by atoms with E-state index in [1.54, 1.807) is 29.0 Å². The van der Waals surface area contributed by atoms with Crippen molar-refractivity contribution in [3.8, 4) is 0 Å². The second kappa shape index (κ2) is 6.58. The van der Waals surface area contributed by atoms with Gasteiger partial charge in [-0.1, -0.05) is 12.1 Å². The van der Waals surface area contributed by atoms with Crippen LogP contribution in [0.4, 0.5) is 4.79 Å². The molecule has 1 aromatic carbocycles. The lowest BCUT2D eigenvalue weighted by Gasteiger charge is -2.27. The molecule has 0 aliphatic heterocycles. The molecule has 0 atom stereocenters. The zero-order chi connectivity index (χ0) is 15.4. The van der Waals surface area contributed by atoms with Gasteiger partial charge in [0.05, 0.1) is 12.2 Å². The number of aliphatic hydroxyl groups is 1. The smallest absolute Gasteiger partial charge is 0.335 e. The summed E-state index contributed by atoms with van der Waals surface area (Å²) in [7, 11) is 1.71. The summed E-state index contributed by atoms with van der Waals surface area (Å²) in [5.41, 5.74) is 1.10. The zero-order valence-corrected chi connectivity index (χ0v) is 12.0. The molecule has 0 saturated heterocycles. The van der Waals surface area contributed by atoms with Crippen molar-refractivity contribution in [3.05, 3.63) is 35.4 Å². The van der Waals surface area contributed by atoms with Gasteiger partial charge in [0.25, 0.3) is 0 Å².